The second-order valence-electron chi connectivity index (χ2n) is 6.07. The van der Waals surface area contributed by atoms with Crippen LogP contribution < -0.4 is 0 Å². The van der Waals surface area contributed by atoms with Crippen LogP contribution in [0.4, 0.5) is 0 Å². The number of halogens is 1. The third kappa shape index (κ3) is 4.98. The number of hydrogen-bond acceptors (Lipinski definition) is 3. The maximum absolute atomic E-state index is 11.8. The summed E-state index contributed by atoms with van der Waals surface area (Å²) >= 11 is 7.31. The second kappa shape index (κ2) is 8.74. The zero-order valence-electron chi connectivity index (χ0n) is 13.4. The zero-order valence-corrected chi connectivity index (χ0v) is 15.0. The summed E-state index contributed by atoms with van der Waals surface area (Å²) in [4.78, 5) is 23.3. The highest BCUT2D eigenvalue weighted by atomic mass is 35.5. The van der Waals surface area contributed by atoms with E-state index in [1.165, 1.54) is 19.3 Å². The molecule has 1 aliphatic rings. The first kappa shape index (κ1) is 18.3. The average molecular weight is 355 g/mol. The van der Waals surface area contributed by atoms with Crippen LogP contribution in [0.1, 0.15) is 74.2 Å². The van der Waals surface area contributed by atoms with Gasteiger partial charge in [0.1, 0.15) is 5.25 Å². The van der Waals surface area contributed by atoms with E-state index >= 15 is 0 Å². The molecular weight excluding hydrogens is 332 g/mol. The van der Waals surface area contributed by atoms with E-state index in [0.717, 1.165) is 36.6 Å². The van der Waals surface area contributed by atoms with Crippen molar-refractivity contribution >= 4 is 34.4 Å². The quantitative estimate of drug-likeness (QED) is 0.725. The molecule has 0 spiro atoms. The van der Waals surface area contributed by atoms with E-state index < -0.39 is 11.2 Å². The second-order valence-corrected chi connectivity index (χ2v) is 7.64. The molecular formula is C18H23ClO3S. The molecule has 0 saturated heterocycles. The maximum atomic E-state index is 11.8. The van der Waals surface area contributed by atoms with E-state index in [4.69, 9.17) is 11.6 Å². The predicted octanol–water partition coefficient (Wildman–Crippen LogP) is 5.57. The van der Waals surface area contributed by atoms with Crippen LogP contribution in [0.15, 0.2) is 18.2 Å². The average Bonchev–Trinajstić information content (AvgIpc) is 2.53. The van der Waals surface area contributed by atoms with E-state index in [2.05, 4.69) is 0 Å². The van der Waals surface area contributed by atoms with Crippen molar-refractivity contribution in [1.29, 1.82) is 0 Å². The van der Waals surface area contributed by atoms with Gasteiger partial charge in [-0.3, -0.25) is 9.59 Å². The van der Waals surface area contributed by atoms with Gasteiger partial charge in [0.25, 0.3) is 0 Å². The number of benzene rings is 1. The summed E-state index contributed by atoms with van der Waals surface area (Å²) in [5, 5.41) is 9.09. The van der Waals surface area contributed by atoms with Crippen molar-refractivity contribution < 1.29 is 14.7 Å². The summed E-state index contributed by atoms with van der Waals surface area (Å²) in [6, 6.07) is 5.51. The van der Waals surface area contributed by atoms with Crippen LogP contribution in [-0.2, 0) is 9.59 Å². The van der Waals surface area contributed by atoms with Crippen LogP contribution in [0.25, 0.3) is 0 Å². The number of carbonyl (C=O) groups excluding carboxylic acids is 1. The monoisotopic (exact) mass is 354 g/mol. The summed E-state index contributed by atoms with van der Waals surface area (Å²) < 4.78 is 0. The highest BCUT2D eigenvalue weighted by molar-refractivity contribution is 8.14. The third-order valence-corrected chi connectivity index (χ3v) is 5.80. The molecule has 5 heteroatoms. The standard InChI is InChI=1S/C18H23ClO3S/c1-2-6-16(20)23-17(18(21)22)13-9-10-14(15(19)11-13)12-7-4-3-5-8-12/h9-12,17H,2-8H2,1H3,(H,21,22). The molecule has 0 aromatic heterocycles. The largest absolute Gasteiger partial charge is 0.480 e. The minimum Gasteiger partial charge on any atom is -0.480 e. The van der Waals surface area contributed by atoms with Gasteiger partial charge in [-0.05, 0) is 42.4 Å². The van der Waals surface area contributed by atoms with Crippen molar-refractivity contribution in [2.45, 2.75) is 63.0 Å². The van der Waals surface area contributed by atoms with Crippen LogP contribution in [0.3, 0.4) is 0 Å². The first-order valence-electron chi connectivity index (χ1n) is 8.24. The first-order chi connectivity index (χ1) is 11.0. The van der Waals surface area contributed by atoms with Gasteiger partial charge < -0.3 is 5.11 Å². The Hall–Kier alpha value is -1.00. The first-order valence-corrected chi connectivity index (χ1v) is 9.50. The lowest BCUT2D eigenvalue weighted by Gasteiger charge is -2.23. The van der Waals surface area contributed by atoms with Crippen molar-refractivity contribution in [1.82, 2.24) is 0 Å². The van der Waals surface area contributed by atoms with E-state index in [1.807, 2.05) is 19.1 Å². The molecule has 2 rings (SSSR count). The van der Waals surface area contributed by atoms with Gasteiger partial charge in [-0.25, -0.2) is 0 Å². The number of rotatable bonds is 6. The number of carboxylic acids is 1. The lowest BCUT2D eigenvalue weighted by Crippen LogP contribution is -2.11. The van der Waals surface area contributed by atoms with Gasteiger partial charge in [-0.1, -0.05) is 61.7 Å². The lowest BCUT2D eigenvalue weighted by atomic mass is 9.84. The summed E-state index contributed by atoms with van der Waals surface area (Å²) in [7, 11) is 0. The molecule has 1 atom stereocenters. The molecule has 3 nitrogen and oxygen atoms in total. The van der Waals surface area contributed by atoms with Crippen molar-refractivity contribution in [2.24, 2.45) is 0 Å². The summed E-state index contributed by atoms with van der Waals surface area (Å²) in [6.45, 7) is 1.91. The molecule has 1 fully saturated rings. The molecule has 1 saturated carbocycles. The van der Waals surface area contributed by atoms with Crippen LogP contribution in [0, 0.1) is 0 Å². The van der Waals surface area contributed by atoms with Gasteiger partial charge in [0.2, 0.25) is 0 Å². The molecule has 126 valence electrons. The fourth-order valence-corrected chi connectivity index (χ4v) is 4.42. The topological polar surface area (TPSA) is 54.4 Å². The van der Waals surface area contributed by atoms with Crippen molar-refractivity contribution in [3.63, 3.8) is 0 Å². The SMILES string of the molecule is CCCC(=O)SC(C(=O)O)c1ccc(C2CCCCC2)c(Cl)c1. The molecule has 1 unspecified atom stereocenters. The summed E-state index contributed by atoms with van der Waals surface area (Å²) in [5.41, 5.74) is 1.71. The third-order valence-electron chi connectivity index (χ3n) is 4.30. The van der Waals surface area contributed by atoms with Crippen molar-refractivity contribution in [3.05, 3.63) is 34.3 Å². The Morgan fingerprint density at radius 2 is 2.00 bits per heavy atom. The van der Waals surface area contributed by atoms with Crippen LogP contribution in [0.5, 0.6) is 0 Å². The Kier molecular flexibility index (Phi) is 6.97. The highest BCUT2D eigenvalue weighted by Crippen LogP contribution is 2.39. The molecule has 0 bridgehead atoms. The zero-order chi connectivity index (χ0) is 16.8. The molecule has 0 radical (unpaired) electrons. The Morgan fingerprint density at radius 3 is 2.57 bits per heavy atom. The number of carboxylic acid groups (broad SMARTS) is 1. The van der Waals surface area contributed by atoms with Crippen LogP contribution in [-0.4, -0.2) is 16.2 Å². The Balaban J connectivity index is 2.18. The number of thioether (sulfide) groups is 1. The molecule has 0 aliphatic heterocycles. The smallest absolute Gasteiger partial charge is 0.321 e. The molecule has 1 N–H and O–H groups in total. The molecule has 0 amide bonds. The van der Waals surface area contributed by atoms with E-state index in [9.17, 15) is 14.7 Å². The van der Waals surface area contributed by atoms with Gasteiger partial charge in [0.15, 0.2) is 5.12 Å². The van der Waals surface area contributed by atoms with E-state index in [1.54, 1.807) is 6.07 Å². The minimum atomic E-state index is -0.999. The maximum Gasteiger partial charge on any atom is 0.321 e. The Labute approximate surface area is 146 Å². The summed E-state index contributed by atoms with van der Waals surface area (Å²) in [5.74, 6) is -0.524. The number of hydrogen-bond donors (Lipinski definition) is 1. The van der Waals surface area contributed by atoms with Gasteiger partial charge in [-0.15, -0.1) is 0 Å². The van der Waals surface area contributed by atoms with Crippen molar-refractivity contribution in [3.8, 4) is 0 Å². The Bertz CT molecular complexity index is 567. The van der Waals surface area contributed by atoms with Gasteiger partial charge in [-0.2, -0.15) is 0 Å². The van der Waals surface area contributed by atoms with Gasteiger partial charge >= 0.3 is 5.97 Å². The fourth-order valence-electron chi connectivity index (χ4n) is 3.11. The normalized spacial score (nSPS) is 17.0. The molecule has 23 heavy (non-hydrogen) atoms. The van der Waals surface area contributed by atoms with Crippen molar-refractivity contribution in [2.75, 3.05) is 0 Å². The van der Waals surface area contributed by atoms with Gasteiger partial charge in [0, 0.05) is 11.4 Å². The summed E-state index contributed by atoms with van der Waals surface area (Å²) in [6.07, 6.45) is 7.13. The van der Waals surface area contributed by atoms with E-state index in [-0.39, 0.29) is 5.12 Å². The number of aliphatic carboxylic acids is 1. The molecule has 1 aromatic rings. The molecule has 1 aromatic carbocycles. The predicted molar refractivity (Wildman–Crippen MR) is 95.2 cm³/mol. The molecule has 1 aliphatic carbocycles. The number of carbonyl (C=O) groups is 2. The van der Waals surface area contributed by atoms with Crippen LogP contribution in [0.2, 0.25) is 5.02 Å². The lowest BCUT2D eigenvalue weighted by molar-refractivity contribution is -0.136. The van der Waals surface area contributed by atoms with Crippen LogP contribution >= 0.6 is 23.4 Å². The van der Waals surface area contributed by atoms with Gasteiger partial charge in [0.05, 0.1) is 0 Å². The molecule has 0 heterocycles. The fraction of sp³-hybridized carbons (Fsp3) is 0.556. The highest BCUT2D eigenvalue weighted by Gasteiger charge is 2.25. The minimum absolute atomic E-state index is 0.0904. The Morgan fingerprint density at radius 1 is 1.30 bits per heavy atom. The van der Waals surface area contributed by atoms with E-state index in [0.29, 0.717) is 22.9 Å².